The number of hydrogen-bond donors (Lipinski definition) is 4. The van der Waals surface area contributed by atoms with Crippen molar-refractivity contribution in [3.63, 3.8) is 0 Å². The zero-order valence-corrected chi connectivity index (χ0v) is 18.8. The number of esters is 1. The van der Waals surface area contributed by atoms with E-state index >= 15 is 0 Å². The molecule has 0 unspecified atom stereocenters. The monoisotopic (exact) mass is 454 g/mol. The number of nitrogens with one attached hydrogen (secondary N) is 1. The van der Waals surface area contributed by atoms with Crippen molar-refractivity contribution in [2.45, 2.75) is 45.6 Å². The molecule has 0 aliphatic heterocycles. The van der Waals surface area contributed by atoms with Crippen LogP contribution < -0.4 is 21.5 Å². The van der Waals surface area contributed by atoms with E-state index in [2.05, 4.69) is 10.3 Å². The van der Waals surface area contributed by atoms with Gasteiger partial charge in [-0.05, 0) is 60.7 Å². The van der Waals surface area contributed by atoms with Gasteiger partial charge >= 0.3 is 11.9 Å². The quantitative estimate of drug-likeness (QED) is 0.176. The highest BCUT2D eigenvalue weighted by Gasteiger charge is 2.17. The molecule has 33 heavy (non-hydrogen) atoms. The third-order valence-electron chi connectivity index (χ3n) is 4.68. The van der Waals surface area contributed by atoms with Crippen LogP contribution in [-0.4, -0.2) is 35.0 Å². The molecule has 0 saturated heterocycles. The molecule has 0 saturated carbocycles. The van der Waals surface area contributed by atoms with Crippen molar-refractivity contribution in [3.05, 3.63) is 59.7 Å². The number of ether oxygens (including phenoxy) is 1. The molecular formula is C24H30N4O5. The second-order valence-electron chi connectivity index (χ2n) is 8.11. The molecule has 6 N–H and O–H groups in total. The fraction of sp³-hybridized carbons (Fsp3) is 0.333. The molecule has 1 atom stereocenters. The Labute approximate surface area is 192 Å². The number of carboxylic acid groups (broad SMARTS) is 1. The van der Waals surface area contributed by atoms with Gasteiger partial charge in [-0.25, -0.2) is 9.79 Å². The molecule has 0 heterocycles. The van der Waals surface area contributed by atoms with Gasteiger partial charge in [0.2, 0.25) is 5.91 Å². The fourth-order valence-corrected chi connectivity index (χ4v) is 3.24. The van der Waals surface area contributed by atoms with Crippen LogP contribution in [0.15, 0.2) is 53.5 Å². The molecule has 1 amide bonds. The van der Waals surface area contributed by atoms with Crippen molar-refractivity contribution in [2.24, 2.45) is 22.4 Å². The Morgan fingerprint density at radius 2 is 1.67 bits per heavy atom. The van der Waals surface area contributed by atoms with Gasteiger partial charge in [0, 0.05) is 12.5 Å². The first-order chi connectivity index (χ1) is 15.6. The molecule has 0 aliphatic carbocycles. The third-order valence-corrected chi connectivity index (χ3v) is 4.68. The van der Waals surface area contributed by atoms with E-state index in [0.717, 1.165) is 5.56 Å². The van der Waals surface area contributed by atoms with Gasteiger partial charge < -0.3 is 26.6 Å². The summed E-state index contributed by atoms with van der Waals surface area (Å²) in [5.74, 6) is -1.06. The highest BCUT2D eigenvalue weighted by atomic mass is 16.5. The van der Waals surface area contributed by atoms with Gasteiger partial charge in [-0.3, -0.25) is 9.59 Å². The van der Waals surface area contributed by atoms with E-state index in [1.54, 1.807) is 48.5 Å². The summed E-state index contributed by atoms with van der Waals surface area (Å²) in [6, 6.07) is 12.8. The number of carbonyl (C=O) groups is 3. The maximum absolute atomic E-state index is 12.3. The lowest BCUT2D eigenvalue weighted by Gasteiger charge is -2.19. The Morgan fingerprint density at radius 3 is 2.21 bits per heavy atom. The number of nitrogens with zero attached hydrogens (tertiary/aromatic N) is 1. The molecule has 0 radical (unpaired) electrons. The minimum absolute atomic E-state index is 0.0708. The van der Waals surface area contributed by atoms with Crippen LogP contribution in [0.25, 0.3) is 0 Å². The summed E-state index contributed by atoms with van der Waals surface area (Å²) in [6.07, 6.45) is 1.22. The molecule has 2 aromatic rings. The van der Waals surface area contributed by atoms with Crippen molar-refractivity contribution in [1.29, 1.82) is 0 Å². The van der Waals surface area contributed by atoms with E-state index in [4.69, 9.17) is 21.3 Å². The molecule has 0 aromatic heterocycles. The highest BCUT2D eigenvalue weighted by Crippen LogP contribution is 2.18. The molecule has 9 heteroatoms. The summed E-state index contributed by atoms with van der Waals surface area (Å²) in [7, 11) is 0. The predicted molar refractivity (Wildman–Crippen MR) is 125 cm³/mol. The number of guanidine groups is 1. The maximum atomic E-state index is 12.3. The summed E-state index contributed by atoms with van der Waals surface area (Å²) in [4.78, 5) is 39.4. The van der Waals surface area contributed by atoms with Crippen molar-refractivity contribution >= 4 is 29.5 Å². The van der Waals surface area contributed by atoms with E-state index in [0.29, 0.717) is 29.8 Å². The van der Waals surface area contributed by atoms with Gasteiger partial charge in [0.1, 0.15) is 5.75 Å². The van der Waals surface area contributed by atoms with Gasteiger partial charge in [0.05, 0.1) is 17.7 Å². The minimum Gasteiger partial charge on any atom is -0.481 e. The number of rotatable bonds is 11. The van der Waals surface area contributed by atoms with Crippen molar-refractivity contribution < 1.29 is 24.2 Å². The largest absolute Gasteiger partial charge is 0.481 e. The number of amides is 1. The van der Waals surface area contributed by atoms with E-state index in [9.17, 15) is 14.4 Å². The van der Waals surface area contributed by atoms with Crippen LogP contribution in [0.1, 0.15) is 49.0 Å². The van der Waals surface area contributed by atoms with Crippen LogP contribution in [0.5, 0.6) is 5.75 Å². The summed E-state index contributed by atoms with van der Waals surface area (Å²) >= 11 is 0. The molecule has 0 spiro atoms. The summed E-state index contributed by atoms with van der Waals surface area (Å²) < 4.78 is 5.37. The Morgan fingerprint density at radius 1 is 1.03 bits per heavy atom. The van der Waals surface area contributed by atoms with Crippen molar-refractivity contribution in [3.8, 4) is 5.75 Å². The molecule has 2 rings (SSSR count). The van der Waals surface area contributed by atoms with Crippen molar-refractivity contribution in [1.82, 2.24) is 5.32 Å². The number of carbonyl (C=O) groups excluding carboxylic acids is 2. The number of nitrogens with two attached hydrogens (primary N) is 2. The van der Waals surface area contributed by atoms with Gasteiger partial charge in [0.15, 0.2) is 5.96 Å². The zero-order chi connectivity index (χ0) is 24.4. The summed E-state index contributed by atoms with van der Waals surface area (Å²) in [6.45, 7) is 3.97. The van der Waals surface area contributed by atoms with E-state index in [1.807, 2.05) is 13.8 Å². The van der Waals surface area contributed by atoms with Gasteiger partial charge in [0.25, 0.3) is 0 Å². The van der Waals surface area contributed by atoms with E-state index in [1.165, 1.54) is 0 Å². The van der Waals surface area contributed by atoms with Gasteiger partial charge in [-0.1, -0.05) is 26.0 Å². The van der Waals surface area contributed by atoms with Gasteiger partial charge in [-0.15, -0.1) is 0 Å². The maximum Gasteiger partial charge on any atom is 0.343 e. The molecule has 0 bridgehead atoms. The predicted octanol–water partition coefficient (Wildman–Crippen LogP) is 2.75. The third kappa shape index (κ3) is 9.42. The number of aryl methyl sites for hydroxylation is 1. The fourth-order valence-electron chi connectivity index (χ4n) is 3.24. The second kappa shape index (κ2) is 12.2. The number of benzene rings is 2. The smallest absolute Gasteiger partial charge is 0.343 e. The Balaban J connectivity index is 1.86. The van der Waals surface area contributed by atoms with Crippen LogP contribution in [0.2, 0.25) is 0 Å². The number of aliphatic carboxylic acids is 1. The number of carboxylic acids is 1. The second-order valence-corrected chi connectivity index (χ2v) is 8.11. The molecule has 2 aromatic carbocycles. The molecule has 9 nitrogen and oxygen atoms in total. The van der Waals surface area contributed by atoms with Crippen LogP contribution in [-0.2, 0) is 16.0 Å². The summed E-state index contributed by atoms with van der Waals surface area (Å²) in [5.41, 5.74) is 12.4. The molecular weight excluding hydrogens is 424 g/mol. The topological polar surface area (TPSA) is 157 Å². The normalized spacial score (nSPS) is 11.5. The first kappa shape index (κ1) is 25.4. The van der Waals surface area contributed by atoms with Crippen LogP contribution in [0.3, 0.4) is 0 Å². The Hall–Kier alpha value is -3.88. The van der Waals surface area contributed by atoms with Crippen LogP contribution in [0, 0.1) is 5.92 Å². The molecule has 176 valence electrons. The lowest BCUT2D eigenvalue weighted by atomic mass is 10.0. The first-order valence-corrected chi connectivity index (χ1v) is 10.6. The lowest BCUT2D eigenvalue weighted by Crippen LogP contribution is -2.37. The number of hydrogen-bond acceptors (Lipinski definition) is 5. The molecule has 0 fully saturated rings. The lowest BCUT2D eigenvalue weighted by molar-refractivity contribution is -0.137. The first-order valence-electron chi connectivity index (χ1n) is 10.6. The van der Waals surface area contributed by atoms with E-state index in [-0.39, 0.29) is 36.7 Å². The standard InChI is InChI=1S/C24H30N4O5/c1-15(2)13-19(14-22(30)31)27-21(29)12-5-16-3-10-20(11-4-16)33-23(32)17-6-8-18(9-7-17)28-24(25)26/h3-4,6-11,15,19H,5,12-14H2,1-2H3,(H,27,29)(H,30,31)(H4,25,26,28)/t19-/m0/s1. The summed E-state index contributed by atoms with van der Waals surface area (Å²) in [5, 5.41) is 11.8. The Bertz CT molecular complexity index is 981. The van der Waals surface area contributed by atoms with Crippen LogP contribution >= 0.6 is 0 Å². The highest BCUT2D eigenvalue weighted by molar-refractivity contribution is 5.91. The van der Waals surface area contributed by atoms with Crippen molar-refractivity contribution in [2.75, 3.05) is 0 Å². The molecule has 0 aliphatic rings. The minimum atomic E-state index is -0.934. The SMILES string of the molecule is CC(C)C[C@@H](CC(=O)O)NC(=O)CCc1ccc(OC(=O)c2ccc(N=C(N)N)cc2)cc1. The average Bonchev–Trinajstić information content (AvgIpc) is 2.72. The zero-order valence-electron chi connectivity index (χ0n) is 18.8. The van der Waals surface area contributed by atoms with E-state index < -0.39 is 11.9 Å². The van der Waals surface area contributed by atoms with Crippen LogP contribution in [0.4, 0.5) is 5.69 Å². The Kier molecular flexibility index (Phi) is 9.41. The number of aliphatic imine (C=N–C) groups is 1. The van der Waals surface area contributed by atoms with Gasteiger partial charge in [-0.2, -0.15) is 0 Å². The average molecular weight is 455 g/mol.